The van der Waals surface area contributed by atoms with Gasteiger partial charge in [-0.05, 0) is 43.9 Å². The minimum atomic E-state index is 0.180. The number of rotatable bonds is 11. The van der Waals surface area contributed by atoms with E-state index in [1.54, 1.807) is 0 Å². The Bertz CT molecular complexity index is 411. The third-order valence-electron chi connectivity index (χ3n) is 3.70. The highest BCUT2D eigenvalue weighted by atomic mass is 16.5. The zero-order chi connectivity index (χ0) is 15.5. The van der Waals surface area contributed by atoms with Crippen molar-refractivity contribution in [2.45, 2.75) is 52.4 Å². The summed E-state index contributed by atoms with van der Waals surface area (Å²) in [5, 5.41) is 0. The first-order chi connectivity index (χ1) is 10.2. The molecule has 0 bridgehead atoms. The Morgan fingerprint density at radius 2 is 1.90 bits per heavy atom. The minimum Gasteiger partial charge on any atom is -0.493 e. The van der Waals surface area contributed by atoms with Crippen LogP contribution in [0, 0.1) is 5.92 Å². The Morgan fingerprint density at radius 1 is 1.14 bits per heavy atom. The summed E-state index contributed by atoms with van der Waals surface area (Å²) in [5.41, 5.74) is 6.37. The van der Waals surface area contributed by atoms with Crippen molar-refractivity contribution in [2.75, 3.05) is 13.2 Å². The zero-order valence-corrected chi connectivity index (χ0v) is 13.4. The van der Waals surface area contributed by atoms with Gasteiger partial charge in [0.25, 0.3) is 0 Å². The van der Waals surface area contributed by atoms with Crippen molar-refractivity contribution in [3.05, 3.63) is 29.8 Å². The molecule has 1 unspecified atom stereocenters. The van der Waals surface area contributed by atoms with Gasteiger partial charge in [-0.1, -0.05) is 38.8 Å². The summed E-state index contributed by atoms with van der Waals surface area (Å²) >= 11 is 0. The third kappa shape index (κ3) is 6.30. The van der Waals surface area contributed by atoms with E-state index in [0.717, 1.165) is 37.9 Å². The second-order valence-corrected chi connectivity index (χ2v) is 5.54. The van der Waals surface area contributed by atoms with Crippen LogP contribution < -0.4 is 10.5 Å². The van der Waals surface area contributed by atoms with E-state index in [2.05, 4.69) is 13.8 Å². The number of ether oxygens (including phenoxy) is 1. The zero-order valence-electron chi connectivity index (χ0n) is 13.4. The molecule has 21 heavy (non-hydrogen) atoms. The number of benzene rings is 1. The topological polar surface area (TPSA) is 52.3 Å². The molecule has 1 aromatic rings. The fraction of sp³-hybridized carbons (Fsp3) is 0.611. The fourth-order valence-corrected chi connectivity index (χ4v) is 2.58. The van der Waals surface area contributed by atoms with Crippen molar-refractivity contribution < 1.29 is 9.53 Å². The van der Waals surface area contributed by atoms with Gasteiger partial charge in [-0.15, -0.1) is 0 Å². The molecule has 0 aliphatic rings. The van der Waals surface area contributed by atoms with Gasteiger partial charge in [-0.25, -0.2) is 0 Å². The highest BCUT2D eigenvalue weighted by Crippen LogP contribution is 2.23. The van der Waals surface area contributed by atoms with Crippen molar-refractivity contribution in [3.8, 4) is 5.75 Å². The van der Waals surface area contributed by atoms with Crippen LogP contribution in [0.25, 0.3) is 0 Å². The Morgan fingerprint density at radius 3 is 2.57 bits per heavy atom. The van der Waals surface area contributed by atoms with Crippen LogP contribution in [0.1, 0.15) is 62.7 Å². The van der Waals surface area contributed by atoms with E-state index in [0.29, 0.717) is 31.1 Å². The average Bonchev–Trinajstić information content (AvgIpc) is 2.51. The molecule has 118 valence electrons. The third-order valence-corrected chi connectivity index (χ3v) is 3.70. The molecule has 1 atom stereocenters. The van der Waals surface area contributed by atoms with E-state index in [9.17, 15) is 4.79 Å². The van der Waals surface area contributed by atoms with Crippen LogP contribution >= 0.6 is 0 Å². The summed E-state index contributed by atoms with van der Waals surface area (Å²) < 4.78 is 5.67. The molecule has 0 saturated carbocycles. The Balaban J connectivity index is 2.62. The van der Waals surface area contributed by atoms with Crippen LogP contribution in [0.5, 0.6) is 5.75 Å². The number of ketones is 1. The Kier molecular flexibility index (Phi) is 8.76. The maximum atomic E-state index is 12.4. The molecule has 0 radical (unpaired) electrons. The molecule has 0 fully saturated rings. The van der Waals surface area contributed by atoms with Gasteiger partial charge in [0.1, 0.15) is 5.75 Å². The lowest BCUT2D eigenvalue weighted by Gasteiger charge is -2.15. The van der Waals surface area contributed by atoms with Gasteiger partial charge in [-0.2, -0.15) is 0 Å². The summed E-state index contributed by atoms with van der Waals surface area (Å²) in [7, 11) is 0. The molecule has 3 nitrogen and oxygen atoms in total. The number of para-hydroxylation sites is 1. The number of hydrogen-bond acceptors (Lipinski definition) is 3. The standard InChI is InChI=1S/C18H29NO2/c1-3-7-15(12-13-19)10-11-17(20)16-8-5-6-9-18(16)21-14-4-2/h5-6,8-9,15H,3-4,7,10-14,19H2,1-2H3. The largest absolute Gasteiger partial charge is 0.493 e. The van der Waals surface area contributed by atoms with Crippen LogP contribution in [0.3, 0.4) is 0 Å². The first-order valence-corrected chi connectivity index (χ1v) is 8.18. The van der Waals surface area contributed by atoms with Gasteiger partial charge in [0.15, 0.2) is 5.78 Å². The molecule has 0 saturated heterocycles. The van der Waals surface area contributed by atoms with Gasteiger partial charge in [0.05, 0.1) is 12.2 Å². The smallest absolute Gasteiger partial charge is 0.166 e. The molecule has 1 aromatic carbocycles. The second kappa shape index (κ2) is 10.4. The maximum Gasteiger partial charge on any atom is 0.166 e. The lowest BCUT2D eigenvalue weighted by atomic mass is 9.92. The lowest BCUT2D eigenvalue weighted by molar-refractivity contribution is 0.0968. The van der Waals surface area contributed by atoms with Gasteiger partial charge >= 0.3 is 0 Å². The molecule has 1 rings (SSSR count). The minimum absolute atomic E-state index is 0.180. The van der Waals surface area contributed by atoms with Gasteiger partial charge in [-0.3, -0.25) is 4.79 Å². The lowest BCUT2D eigenvalue weighted by Crippen LogP contribution is -2.11. The summed E-state index contributed by atoms with van der Waals surface area (Å²) in [6, 6.07) is 7.56. The maximum absolute atomic E-state index is 12.4. The predicted molar refractivity (Wildman–Crippen MR) is 87.9 cm³/mol. The second-order valence-electron chi connectivity index (χ2n) is 5.54. The number of Topliss-reactive ketones (excluding diaryl/α,β-unsaturated/α-hetero) is 1. The van der Waals surface area contributed by atoms with Crippen LogP contribution in [0.2, 0.25) is 0 Å². The molecule has 0 amide bonds. The van der Waals surface area contributed by atoms with Crippen molar-refractivity contribution in [1.82, 2.24) is 0 Å². The first kappa shape index (κ1) is 17.7. The summed E-state index contributed by atoms with van der Waals surface area (Å²) in [6.07, 6.45) is 5.75. The van der Waals surface area contributed by atoms with Crippen molar-refractivity contribution in [1.29, 1.82) is 0 Å². The van der Waals surface area contributed by atoms with Crippen molar-refractivity contribution in [3.63, 3.8) is 0 Å². The normalized spacial score (nSPS) is 12.1. The first-order valence-electron chi connectivity index (χ1n) is 8.18. The SMILES string of the molecule is CCCOc1ccccc1C(=O)CCC(CCC)CCN. The molecule has 0 spiro atoms. The van der Waals surface area contributed by atoms with Crippen LogP contribution in [0.4, 0.5) is 0 Å². The van der Waals surface area contributed by atoms with Crippen LogP contribution in [0.15, 0.2) is 24.3 Å². The van der Waals surface area contributed by atoms with E-state index < -0.39 is 0 Å². The molecule has 0 aromatic heterocycles. The highest BCUT2D eigenvalue weighted by Gasteiger charge is 2.15. The molecule has 0 heterocycles. The summed E-state index contributed by atoms with van der Waals surface area (Å²) in [4.78, 5) is 12.4. The Hall–Kier alpha value is -1.35. The van der Waals surface area contributed by atoms with E-state index in [-0.39, 0.29) is 5.78 Å². The van der Waals surface area contributed by atoms with Gasteiger partial charge < -0.3 is 10.5 Å². The average molecular weight is 291 g/mol. The highest BCUT2D eigenvalue weighted by molar-refractivity contribution is 5.98. The number of carbonyl (C=O) groups is 1. The van der Waals surface area contributed by atoms with E-state index in [1.165, 1.54) is 0 Å². The molecule has 0 aliphatic heterocycles. The van der Waals surface area contributed by atoms with Crippen LogP contribution in [-0.2, 0) is 0 Å². The van der Waals surface area contributed by atoms with Crippen molar-refractivity contribution >= 4 is 5.78 Å². The Labute approximate surface area is 128 Å². The summed E-state index contributed by atoms with van der Waals surface area (Å²) in [5.74, 6) is 1.46. The molecule has 3 heteroatoms. The quantitative estimate of drug-likeness (QED) is 0.621. The molecular weight excluding hydrogens is 262 g/mol. The van der Waals surface area contributed by atoms with E-state index >= 15 is 0 Å². The fourth-order valence-electron chi connectivity index (χ4n) is 2.58. The molecular formula is C18H29NO2. The number of hydrogen-bond donors (Lipinski definition) is 1. The van der Waals surface area contributed by atoms with Gasteiger partial charge in [0.2, 0.25) is 0 Å². The molecule has 0 aliphatic carbocycles. The summed E-state index contributed by atoms with van der Waals surface area (Å²) in [6.45, 7) is 5.59. The van der Waals surface area contributed by atoms with E-state index in [4.69, 9.17) is 10.5 Å². The van der Waals surface area contributed by atoms with Crippen molar-refractivity contribution in [2.24, 2.45) is 11.7 Å². The molecule has 2 N–H and O–H groups in total. The van der Waals surface area contributed by atoms with Crippen LogP contribution in [-0.4, -0.2) is 18.9 Å². The number of carbonyl (C=O) groups excluding carboxylic acids is 1. The van der Waals surface area contributed by atoms with Gasteiger partial charge in [0, 0.05) is 6.42 Å². The predicted octanol–water partition coefficient (Wildman–Crippen LogP) is 4.20. The number of nitrogens with two attached hydrogens (primary N) is 1. The van der Waals surface area contributed by atoms with E-state index in [1.807, 2.05) is 24.3 Å². The monoisotopic (exact) mass is 291 g/mol.